The number of nitrogens with zero attached hydrogens (tertiary/aromatic N) is 2. The quantitative estimate of drug-likeness (QED) is 0.892. The number of piperidine rings is 1. The van der Waals surface area contributed by atoms with Crippen LogP contribution in [0.1, 0.15) is 31.9 Å². The van der Waals surface area contributed by atoms with E-state index in [0.717, 1.165) is 51.3 Å². The van der Waals surface area contributed by atoms with Crippen molar-refractivity contribution in [3.63, 3.8) is 0 Å². The molecule has 2 unspecified atom stereocenters. The van der Waals surface area contributed by atoms with Gasteiger partial charge in [-0.05, 0) is 56.8 Å². The number of carbonyl (C=O) groups excluding carboxylic acids is 1. The molecule has 5 heteroatoms. The zero-order chi connectivity index (χ0) is 16.3. The van der Waals surface area contributed by atoms with Gasteiger partial charge in [-0.25, -0.2) is 4.98 Å². The van der Waals surface area contributed by atoms with Crippen LogP contribution in [0, 0.1) is 18.3 Å². The van der Waals surface area contributed by atoms with Gasteiger partial charge in [0.15, 0.2) is 0 Å². The van der Waals surface area contributed by atoms with Crippen LogP contribution < -0.4 is 10.6 Å². The van der Waals surface area contributed by atoms with Crippen molar-refractivity contribution in [1.29, 1.82) is 0 Å². The molecule has 2 aliphatic rings. The average molecular weight is 316 g/mol. The van der Waals surface area contributed by atoms with E-state index in [1.54, 1.807) is 0 Å². The van der Waals surface area contributed by atoms with Gasteiger partial charge in [-0.3, -0.25) is 4.79 Å². The Kier molecular flexibility index (Phi) is 4.97. The van der Waals surface area contributed by atoms with Crippen LogP contribution in [0.2, 0.25) is 0 Å². The highest BCUT2D eigenvalue weighted by molar-refractivity contribution is 5.91. The van der Waals surface area contributed by atoms with Crippen molar-refractivity contribution in [3.05, 3.63) is 23.9 Å². The Bertz CT molecular complexity index is 554. The molecular weight excluding hydrogens is 288 g/mol. The summed E-state index contributed by atoms with van der Waals surface area (Å²) in [5.74, 6) is 0.852. The highest BCUT2D eigenvalue weighted by Gasteiger charge is 2.33. The molecule has 2 N–H and O–H groups in total. The molecule has 0 bridgehead atoms. The molecule has 23 heavy (non-hydrogen) atoms. The average Bonchev–Trinajstić information content (AvgIpc) is 2.94. The number of pyridine rings is 1. The topological polar surface area (TPSA) is 57.3 Å². The number of aromatic nitrogens is 1. The molecule has 3 rings (SSSR count). The lowest BCUT2D eigenvalue weighted by Gasteiger charge is -2.37. The van der Waals surface area contributed by atoms with Crippen LogP contribution in [0.15, 0.2) is 18.2 Å². The summed E-state index contributed by atoms with van der Waals surface area (Å²) in [4.78, 5) is 19.4. The number of aryl methyl sites for hydroxylation is 1. The van der Waals surface area contributed by atoms with Crippen molar-refractivity contribution in [2.75, 3.05) is 38.0 Å². The van der Waals surface area contributed by atoms with Gasteiger partial charge in [0.25, 0.3) is 0 Å². The van der Waals surface area contributed by atoms with E-state index in [1.165, 1.54) is 6.42 Å². The lowest BCUT2D eigenvalue weighted by atomic mass is 9.87. The predicted molar refractivity (Wildman–Crippen MR) is 92.4 cm³/mol. The molecule has 0 radical (unpaired) electrons. The van der Waals surface area contributed by atoms with Gasteiger partial charge in [-0.2, -0.15) is 0 Å². The van der Waals surface area contributed by atoms with Crippen molar-refractivity contribution in [2.24, 2.45) is 11.3 Å². The third-order valence-electron chi connectivity index (χ3n) is 5.08. The van der Waals surface area contributed by atoms with Gasteiger partial charge >= 0.3 is 0 Å². The minimum Gasteiger partial charge on any atom is -0.316 e. The van der Waals surface area contributed by atoms with Crippen molar-refractivity contribution >= 4 is 11.7 Å². The lowest BCUT2D eigenvalue weighted by Crippen LogP contribution is -2.45. The van der Waals surface area contributed by atoms with Crippen LogP contribution in [0.5, 0.6) is 0 Å². The number of hydrogen-bond acceptors (Lipinski definition) is 4. The molecule has 2 fully saturated rings. The molecule has 0 aromatic carbocycles. The van der Waals surface area contributed by atoms with Gasteiger partial charge in [-0.15, -0.1) is 0 Å². The summed E-state index contributed by atoms with van der Waals surface area (Å²) in [6.07, 6.45) is 3.31. The van der Waals surface area contributed by atoms with E-state index < -0.39 is 0 Å². The van der Waals surface area contributed by atoms with Crippen molar-refractivity contribution < 1.29 is 4.79 Å². The summed E-state index contributed by atoms with van der Waals surface area (Å²) in [5, 5.41) is 6.45. The van der Waals surface area contributed by atoms with Crippen molar-refractivity contribution in [1.82, 2.24) is 15.2 Å². The van der Waals surface area contributed by atoms with Gasteiger partial charge < -0.3 is 15.5 Å². The summed E-state index contributed by atoms with van der Waals surface area (Å²) in [5.41, 5.74) is 1.28. The monoisotopic (exact) mass is 316 g/mol. The largest absolute Gasteiger partial charge is 0.316 e. The summed E-state index contributed by atoms with van der Waals surface area (Å²) in [6.45, 7) is 9.57. The molecule has 0 spiro atoms. The van der Waals surface area contributed by atoms with E-state index in [-0.39, 0.29) is 11.8 Å². The van der Waals surface area contributed by atoms with E-state index in [4.69, 9.17) is 0 Å². The smallest absolute Gasteiger partial charge is 0.229 e. The second-order valence-corrected chi connectivity index (χ2v) is 7.47. The Balaban J connectivity index is 1.56. The fourth-order valence-electron chi connectivity index (χ4n) is 3.80. The van der Waals surface area contributed by atoms with Crippen LogP contribution in [-0.2, 0) is 4.79 Å². The highest BCUT2D eigenvalue weighted by atomic mass is 16.2. The molecule has 0 saturated carbocycles. The SMILES string of the molecule is Cc1cccc(NC(=O)C2CCCN(CC3(C)CCNC3)C2)n1. The van der Waals surface area contributed by atoms with Gasteiger partial charge in [0.05, 0.1) is 5.92 Å². The summed E-state index contributed by atoms with van der Waals surface area (Å²) in [7, 11) is 0. The molecule has 1 aromatic rings. The Morgan fingerprint density at radius 3 is 3.13 bits per heavy atom. The number of likely N-dealkylation sites (tertiary alicyclic amines) is 1. The van der Waals surface area contributed by atoms with Crippen molar-refractivity contribution in [3.8, 4) is 0 Å². The first kappa shape index (κ1) is 16.4. The fraction of sp³-hybridized carbons (Fsp3) is 0.667. The van der Waals surface area contributed by atoms with Crippen LogP contribution in [0.3, 0.4) is 0 Å². The van der Waals surface area contributed by atoms with Crippen LogP contribution in [0.4, 0.5) is 5.82 Å². The maximum atomic E-state index is 12.6. The molecule has 2 aliphatic heterocycles. The second kappa shape index (κ2) is 6.97. The van der Waals surface area contributed by atoms with Crippen molar-refractivity contribution in [2.45, 2.75) is 33.1 Å². The molecule has 126 valence electrons. The van der Waals surface area contributed by atoms with Gasteiger partial charge in [0.2, 0.25) is 5.91 Å². The Morgan fingerprint density at radius 2 is 2.39 bits per heavy atom. The molecule has 1 amide bonds. The van der Waals surface area contributed by atoms with Crippen LogP contribution in [0.25, 0.3) is 0 Å². The van der Waals surface area contributed by atoms with E-state index >= 15 is 0 Å². The minimum atomic E-state index is 0.0732. The summed E-state index contributed by atoms with van der Waals surface area (Å²) < 4.78 is 0. The van der Waals surface area contributed by atoms with E-state index in [9.17, 15) is 4.79 Å². The molecule has 2 saturated heterocycles. The Labute approximate surface area is 138 Å². The van der Waals surface area contributed by atoms with Gasteiger partial charge in [0.1, 0.15) is 5.82 Å². The minimum absolute atomic E-state index is 0.0732. The first-order valence-corrected chi connectivity index (χ1v) is 8.72. The van der Waals surface area contributed by atoms with E-state index in [1.807, 2.05) is 25.1 Å². The molecule has 3 heterocycles. The third-order valence-corrected chi connectivity index (χ3v) is 5.08. The maximum absolute atomic E-state index is 12.6. The van der Waals surface area contributed by atoms with Crippen LogP contribution >= 0.6 is 0 Å². The molecule has 5 nitrogen and oxygen atoms in total. The fourth-order valence-corrected chi connectivity index (χ4v) is 3.80. The lowest BCUT2D eigenvalue weighted by molar-refractivity contribution is -0.121. The van der Waals surface area contributed by atoms with Crippen LogP contribution in [-0.4, -0.2) is 48.5 Å². The molecule has 2 atom stereocenters. The predicted octanol–water partition coefficient (Wildman–Crippen LogP) is 2.04. The Hall–Kier alpha value is -1.46. The first-order valence-electron chi connectivity index (χ1n) is 8.72. The standard InChI is InChI=1S/C18H28N4O/c1-14-5-3-7-16(20-14)21-17(23)15-6-4-10-22(11-15)13-18(2)8-9-19-12-18/h3,5,7,15,19H,4,6,8-13H2,1-2H3,(H,20,21,23). The number of hydrogen-bond donors (Lipinski definition) is 2. The normalized spacial score (nSPS) is 28.7. The zero-order valence-electron chi connectivity index (χ0n) is 14.3. The summed E-state index contributed by atoms with van der Waals surface area (Å²) >= 11 is 0. The molecule has 1 aromatic heterocycles. The highest BCUT2D eigenvalue weighted by Crippen LogP contribution is 2.28. The molecule has 0 aliphatic carbocycles. The summed E-state index contributed by atoms with van der Waals surface area (Å²) in [6, 6.07) is 5.73. The third kappa shape index (κ3) is 4.30. The number of rotatable bonds is 4. The number of nitrogens with one attached hydrogen (secondary N) is 2. The van der Waals surface area contributed by atoms with Gasteiger partial charge in [0, 0.05) is 25.3 Å². The second-order valence-electron chi connectivity index (χ2n) is 7.47. The number of amides is 1. The maximum Gasteiger partial charge on any atom is 0.229 e. The zero-order valence-corrected chi connectivity index (χ0v) is 14.3. The molecular formula is C18H28N4O. The number of carbonyl (C=O) groups is 1. The Morgan fingerprint density at radius 1 is 1.52 bits per heavy atom. The number of anilines is 1. The van der Waals surface area contributed by atoms with E-state index in [2.05, 4.69) is 27.4 Å². The van der Waals surface area contributed by atoms with Gasteiger partial charge in [-0.1, -0.05) is 13.0 Å². The van der Waals surface area contributed by atoms with E-state index in [0.29, 0.717) is 11.2 Å². The first-order chi connectivity index (χ1) is 11.0.